The molecule has 1 aliphatic heterocycles. The van der Waals surface area contributed by atoms with Crippen LogP contribution in [-0.2, 0) is 34.4 Å². The summed E-state index contributed by atoms with van der Waals surface area (Å²) < 4.78 is 41.7. The number of carbonyl (C=O) groups excluding carboxylic acids is 1. The van der Waals surface area contributed by atoms with Crippen LogP contribution in [0.3, 0.4) is 0 Å². The maximum atomic E-state index is 13.7. The van der Waals surface area contributed by atoms with E-state index in [4.69, 9.17) is 14.2 Å². The molecule has 1 N–H and O–H groups in total. The lowest BCUT2D eigenvalue weighted by Gasteiger charge is -2.22. The van der Waals surface area contributed by atoms with Crippen LogP contribution in [0.25, 0.3) is 22.0 Å². The number of aryl methyl sites for hydroxylation is 2. The molecule has 10 heteroatoms. The summed E-state index contributed by atoms with van der Waals surface area (Å²) in [6, 6.07) is 22.6. The summed E-state index contributed by atoms with van der Waals surface area (Å²) in [7, 11) is -4.05. The fourth-order valence-electron chi connectivity index (χ4n) is 5.81. The van der Waals surface area contributed by atoms with E-state index in [0.29, 0.717) is 29.9 Å². The van der Waals surface area contributed by atoms with Crippen LogP contribution >= 0.6 is 0 Å². The van der Waals surface area contributed by atoms with Crippen LogP contribution in [0, 0.1) is 19.3 Å². The Morgan fingerprint density at radius 2 is 1.76 bits per heavy atom. The molecule has 0 spiro atoms. The van der Waals surface area contributed by atoms with Gasteiger partial charge in [-0.25, -0.2) is 13.1 Å². The van der Waals surface area contributed by atoms with Crippen LogP contribution < -0.4 is 9.46 Å². The van der Waals surface area contributed by atoms with Crippen molar-refractivity contribution in [2.45, 2.75) is 65.5 Å². The maximum absolute atomic E-state index is 13.7. The van der Waals surface area contributed by atoms with Crippen LogP contribution in [0.5, 0.6) is 5.75 Å². The summed E-state index contributed by atoms with van der Waals surface area (Å²) in [6.07, 6.45) is 1.54. The molecule has 1 fully saturated rings. The molecular formula is C36H38N4O5S. The minimum Gasteiger partial charge on any atom is -0.488 e. The number of nitrogens with one attached hydrogen (secondary N) is 1. The van der Waals surface area contributed by atoms with Crippen molar-refractivity contribution < 1.29 is 22.5 Å². The molecule has 6 rings (SSSR count). The number of aromatic nitrogens is 2. The maximum Gasteiger partial charge on any atom is 0.264 e. The summed E-state index contributed by atoms with van der Waals surface area (Å²) >= 11 is 0. The van der Waals surface area contributed by atoms with Crippen LogP contribution in [0.4, 0.5) is 5.88 Å². The molecule has 46 heavy (non-hydrogen) atoms. The minimum absolute atomic E-state index is 0.0780. The molecule has 2 aromatic heterocycles. The zero-order chi connectivity index (χ0) is 32.6. The van der Waals surface area contributed by atoms with Gasteiger partial charge in [-0.1, -0.05) is 68.4 Å². The lowest BCUT2D eigenvalue weighted by atomic mass is 9.92. The molecule has 5 aromatic rings. The Hall–Kier alpha value is -4.70. The zero-order valence-corrected chi connectivity index (χ0v) is 27.6. The fraction of sp³-hybridized carbons (Fsp3) is 0.306. The van der Waals surface area contributed by atoms with Crippen LogP contribution in [0.1, 0.15) is 55.3 Å². The normalized spacial score (nSPS) is 14.6. The van der Waals surface area contributed by atoms with Gasteiger partial charge in [0.15, 0.2) is 0 Å². The number of rotatable bonds is 10. The van der Waals surface area contributed by atoms with Crippen LogP contribution in [0.15, 0.2) is 82.2 Å². The van der Waals surface area contributed by atoms with Crippen molar-refractivity contribution in [3.63, 3.8) is 0 Å². The van der Waals surface area contributed by atoms with Gasteiger partial charge in [0.05, 0.1) is 16.1 Å². The molecule has 0 radical (unpaired) electrons. The third kappa shape index (κ3) is 6.09. The van der Waals surface area contributed by atoms with E-state index in [2.05, 4.69) is 16.8 Å². The smallest absolute Gasteiger partial charge is 0.264 e. The molecule has 1 amide bonds. The molecule has 0 saturated carbocycles. The Balaban J connectivity index is 1.38. The fourth-order valence-corrected chi connectivity index (χ4v) is 7.08. The quantitative estimate of drug-likeness (QED) is 0.172. The third-order valence-corrected chi connectivity index (χ3v) is 10.1. The second-order valence-corrected chi connectivity index (χ2v) is 14.1. The van der Waals surface area contributed by atoms with Gasteiger partial charge >= 0.3 is 0 Å². The molecule has 9 nitrogen and oxygen atoms in total. The number of carbonyl (C=O) groups is 1. The molecule has 0 atom stereocenters. The molecule has 238 valence electrons. The standard InChI is InChI=1S/C36H38N4O5S/c1-6-27-20-32(30-12-7-9-13-31(30)37-27)44-22-25-15-16-28(26(19-25)21-40-18-17-36(4,5)35(40)41)29-11-8-10-14-33(29)46(42,43)39-34-23(2)24(3)38-45-34/h7-16,19-20,39H,6,17-18,21-22H2,1-5H3. The number of fused-ring (bicyclic) bond motifs is 1. The highest BCUT2D eigenvalue weighted by Crippen LogP contribution is 2.37. The van der Waals surface area contributed by atoms with E-state index < -0.39 is 15.4 Å². The summed E-state index contributed by atoms with van der Waals surface area (Å²) in [5, 5.41) is 4.82. The first-order chi connectivity index (χ1) is 22.0. The highest BCUT2D eigenvalue weighted by atomic mass is 32.2. The lowest BCUT2D eigenvalue weighted by molar-refractivity contribution is -0.135. The Bertz CT molecular complexity index is 2050. The number of hydrogen-bond acceptors (Lipinski definition) is 7. The lowest BCUT2D eigenvalue weighted by Crippen LogP contribution is -2.30. The predicted octanol–water partition coefficient (Wildman–Crippen LogP) is 7.21. The highest BCUT2D eigenvalue weighted by molar-refractivity contribution is 7.92. The Labute approximate surface area is 269 Å². The van der Waals surface area contributed by atoms with Crippen molar-refractivity contribution in [3.05, 3.63) is 101 Å². The summed E-state index contributed by atoms with van der Waals surface area (Å²) in [6.45, 7) is 10.7. The number of anilines is 1. The molecule has 3 aromatic carbocycles. The number of benzene rings is 3. The van der Waals surface area contributed by atoms with Gasteiger partial charge in [-0.2, -0.15) is 0 Å². The van der Waals surface area contributed by atoms with Gasteiger partial charge in [-0.05, 0) is 67.6 Å². The monoisotopic (exact) mass is 638 g/mol. The van der Waals surface area contributed by atoms with Crippen LogP contribution in [0.2, 0.25) is 0 Å². The van der Waals surface area contributed by atoms with Crippen LogP contribution in [-0.4, -0.2) is 35.9 Å². The Morgan fingerprint density at radius 1 is 1.00 bits per heavy atom. The molecule has 1 aliphatic rings. The zero-order valence-electron chi connectivity index (χ0n) is 26.8. The first kappa shape index (κ1) is 31.3. The van der Waals surface area contributed by atoms with E-state index in [1.165, 1.54) is 0 Å². The SMILES string of the molecule is CCc1cc(OCc2ccc(-c3ccccc3S(=O)(=O)Nc3onc(C)c3C)c(CN3CCC(C)(C)C3=O)c2)c2ccccc2n1. The van der Waals surface area contributed by atoms with Gasteiger partial charge in [0.2, 0.25) is 11.8 Å². The highest BCUT2D eigenvalue weighted by Gasteiger charge is 2.38. The van der Waals surface area contributed by atoms with Crippen molar-refractivity contribution in [2.75, 3.05) is 11.3 Å². The average Bonchev–Trinajstić information content (AvgIpc) is 3.50. The first-order valence-electron chi connectivity index (χ1n) is 15.4. The number of ether oxygens (including phenoxy) is 1. The van der Waals surface area contributed by atoms with E-state index in [-0.39, 0.29) is 23.3 Å². The van der Waals surface area contributed by atoms with E-state index in [0.717, 1.165) is 51.9 Å². The molecule has 0 unspecified atom stereocenters. The predicted molar refractivity (Wildman–Crippen MR) is 178 cm³/mol. The van der Waals surface area contributed by atoms with Gasteiger partial charge in [0, 0.05) is 46.8 Å². The minimum atomic E-state index is -4.05. The second kappa shape index (κ2) is 12.2. The van der Waals surface area contributed by atoms with Crippen molar-refractivity contribution >= 4 is 32.7 Å². The van der Waals surface area contributed by atoms with Crippen molar-refractivity contribution in [3.8, 4) is 16.9 Å². The van der Waals surface area contributed by atoms with Gasteiger partial charge in [0.1, 0.15) is 12.4 Å². The number of sulfonamides is 1. The molecule has 3 heterocycles. The summed E-state index contributed by atoms with van der Waals surface area (Å²) in [5.41, 5.74) is 5.57. The Morgan fingerprint density at radius 3 is 2.48 bits per heavy atom. The second-order valence-electron chi connectivity index (χ2n) is 12.4. The Kier molecular flexibility index (Phi) is 8.33. The van der Waals surface area contributed by atoms with Crippen molar-refractivity contribution in [1.82, 2.24) is 15.0 Å². The largest absolute Gasteiger partial charge is 0.488 e. The molecule has 0 aliphatic carbocycles. The summed E-state index contributed by atoms with van der Waals surface area (Å²) in [5.74, 6) is 0.916. The number of pyridine rings is 1. The molecule has 0 bridgehead atoms. The van der Waals surface area contributed by atoms with Gasteiger partial charge in [-0.15, -0.1) is 0 Å². The number of nitrogens with zero attached hydrogens (tertiary/aromatic N) is 3. The van der Waals surface area contributed by atoms with Crippen molar-refractivity contribution in [2.24, 2.45) is 5.41 Å². The third-order valence-electron chi connectivity index (χ3n) is 8.74. The first-order valence-corrected chi connectivity index (χ1v) is 16.9. The van der Waals surface area contributed by atoms with E-state index >= 15 is 0 Å². The topological polar surface area (TPSA) is 115 Å². The van der Waals surface area contributed by atoms with Crippen molar-refractivity contribution in [1.29, 1.82) is 0 Å². The molecular weight excluding hydrogens is 600 g/mol. The van der Waals surface area contributed by atoms with E-state index in [9.17, 15) is 13.2 Å². The average molecular weight is 639 g/mol. The van der Waals surface area contributed by atoms with E-state index in [1.54, 1.807) is 32.0 Å². The number of likely N-dealkylation sites (tertiary alicyclic amines) is 1. The number of para-hydroxylation sites is 1. The van der Waals surface area contributed by atoms with Gasteiger partial charge in [-0.3, -0.25) is 9.78 Å². The van der Waals surface area contributed by atoms with Gasteiger partial charge < -0.3 is 14.2 Å². The summed E-state index contributed by atoms with van der Waals surface area (Å²) in [4.78, 5) is 20.0. The number of hydrogen-bond donors (Lipinski definition) is 1. The number of amides is 1. The van der Waals surface area contributed by atoms with E-state index in [1.807, 2.05) is 73.3 Å². The molecule has 1 saturated heterocycles. The van der Waals surface area contributed by atoms with Gasteiger partial charge in [0.25, 0.3) is 10.0 Å².